The van der Waals surface area contributed by atoms with E-state index in [1.165, 1.54) is 0 Å². The molecular weight excluding hydrogens is 408 g/mol. The van der Waals surface area contributed by atoms with Gasteiger partial charge in [0.2, 0.25) is 6.79 Å². The molecule has 2 aromatic rings. The SMILES string of the molecule is C/C=C(/CC(=O)OC1c2cc3c(cc2C[C@@H](C=O)C1COC)OCO3)c1ccccc1C. The third-order valence-corrected chi connectivity index (χ3v) is 6.30. The Kier molecular flexibility index (Phi) is 6.61. The molecule has 6 heteroatoms. The minimum atomic E-state index is -0.606. The molecule has 2 unspecified atom stereocenters. The molecule has 1 aliphatic carbocycles. The molecule has 0 aromatic heterocycles. The second-order valence-electron chi connectivity index (χ2n) is 8.24. The Balaban J connectivity index is 1.63. The topological polar surface area (TPSA) is 71.1 Å². The normalized spacial score (nSPS) is 21.7. The fourth-order valence-corrected chi connectivity index (χ4v) is 4.63. The van der Waals surface area contributed by atoms with Gasteiger partial charge in [-0.3, -0.25) is 4.79 Å². The molecule has 0 saturated carbocycles. The third kappa shape index (κ3) is 4.28. The van der Waals surface area contributed by atoms with Gasteiger partial charge in [-0.25, -0.2) is 0 Å². The van der Waals surface area contributed by atoms with Crippen LogP contribution in [0.5, 0.6) is 11.5 Å². The molecule has 0 fully saturated rings. The highest BCUT2D eigenvalue weighted by Gasteiger charge is 2.40. The van der Waals surface area contributed by atoms with Crippen LogP contribution in [0.4, 0.5) is 0 Å². The molecule has 0 saturated heterocycles. The second-order valence-corrected chi connectivity index (χ2v) is 8.24. The number of ether oxygens (including phenoxy) is 4. The second kappa shape index (κ2) is 9.57. The van der Waals surface area contributed by atoms with Crippen molar-refractivity contribution in [1.29, 1.82) is 0 Å². The Morgan fingerprint density at radius 1 is 1.19 bits per heavy atom. The molecule has 1 heterocycles. The summed E-state index contributed by atoms with van der Waals surface area (Å²) in [7, 11) is 1.59. The Labute approximate surface area is 188 Å². The number of rotatable bonds is 7. The molecule has 0 radical (unpaired) electrons. The van der Waals surface area contributed by atoms with Crippen LogP contribution < -0.4 is 9.47 Å². The van der Waals surface area contributed by atoms with Crippen molar-refractivity contribution in [2.45, 2.75) is 32.8 Å². The van der Waals surface area contributed by atoms with Crippen LogP contribution in [0.15, 0.2) is 42.5 Å². The summed E-state index contributed by atoms with van der Waals surface area (Å²) < 4.78 is 22.5. The van der Waals surface area contributed by atoms with E-state index in [4.69, 9.17) is 18.9 Å². The van der Waals surface area contributed by atoms with Crippen LogP contribution in [0, 0.1) is 18.8 Å². The van der Waals surface area contributed by atoms with Gasteiger partial charge in [0.25, 0.3) is 0 Å². The number of carbonyl (C=O) groups is 2. The number of aryl methyl sites for hydroxylation is 1. The van der Waals surface area contributed by atoms with Crippen molar-refractivity contribution >= 4 is 17.8 Å². The minimum Gasteiger partial charge on any atom is -0.457 e. The average Bonchev–Trinajstić information content (AvgIpc) is 3.25. The molecule has 32 heavy (non-hydrogen) atoms. The van der Waals surface area contributed by atoms with Crippen molar-refractivity contribution in [3.63, 3.8) is 0 Å². The van der Waals surface area contributed by atoms with Gasteiger partial charge in [-0.05, 0) is 60.2 Å². The predicted molar refractivity (Wildman–Crippen MR) is 119 cm³/mol. The van der Waals surface area contributed by atoms with Crippen LogP contribution >= 0.6 is 0 Å². The predicted octanol–water partition coefficient (Wildman–Crippen LogP) is 4.44. The van der Waals surface area contributed by atoms with Gasteiger partial charge in [-0.2, -0.15) is 0 Å². The van der Waals surface area contributed by atoms with Crippen molar-refractivity contribution in [3.05, 3.63) is 64.7 Å². The summed E-state index contributed by atoms with van der Waals surface area (Å²) >= 11 is 0. The van der Waals surface area contributed by atoms with E-state index in [1.54, 1.807) is 7.11 Å². The number of hydrogen-bond donors (Lipinski definition) is 0. The molecular formula is C26H28O6. The standard InChI is InChI=1S/C26H28O6/c1-4-17(20-8-6-5-7-16(20)2)11-25(28)32-26-21-12-24-23(30-15-31-24)10-18(21)9-19(13-27)22(26)14-29-3/h4-8,10,12-13,19,22,26H,9,11,14-15H2,1-3H3/b17-4-/t19-,22?,26?/m0/s1. The van der Waals surface area contributed by atoms with Gasteiger partial charge in [-0.15, -0.1) is 0 Å². The fraction of sp³-hybridized carbons (Fsp3) is 0.385. The van der Waals surface area contributed by atoms with Crippen LogP contribution in [-0.2, 0) is 25.5 Å². The molecule has 0 bridgehead atoms. The van der Waals surface area contributed by atoms with Crippen LogP contribution in [-0.4, -0.2) is 32.8 Å². The molecule has 0 N–H and O–H groups in total. The first-order valence-electron chi connectivity index (χ1n) is 10.8. The highest BCUT2D eigenvalue weighted by Crippen LogP contribution is 2.46. The summed E-state index contributed by atoms with van der Waals surface area (Å²) in [4.78, 5) is 25.0. The lowest BCUT2D eigenvalue weighted by Gasteiger charge is -2.36. The van der Waals surface area contributed by atoms with E-state index in [0.717, 1.165) is 34.1 Å². The Morgan fingerprint density at radius 3 is 2.62 bits per heavy atom. The van der Waals surface area contributed by atoms with Gasteiger partial charge < -0.3 is 23.7 Å². The van der Waals surface area contributed by atoms with Gasteiger partial charge in [0.15, 0.2) is 11.5 Å². The van der Waals surface area contributed by atoms with E-state index in [0.29, 0.717) is 24.5 Å². The Morgan fingerprint density at radius 2 is 1.94 bits per heavy atom. The number of carbonyl (C=O) groups excluding carboxylic acids is 2. The van der Waals surface area contributed by atoms with Crippen molar-refractivity contribution in [2.24, 2.45) is 11.8 Å². The van der Waals surface area contributed by atoms with Crippen molar-refractivity contribution in [3.8, 4) is 11.5 Å². The molecule has 4 rings (SSSR count). The maximum atomic E-state index is 13.1. The summed E-state index contributed by atoms with van der Waals surface area (Å²) in [6, 6.07) is 11.7. The molecule has 2 aromatic carbocycles. The summed E-state index contributed by atoms with van der Waals surface area (Å²) in [5.74, 6) is 0.335. The van der Waals surface area contributed by atoms with Crippen LogP contribution in [0.3, 0.4) is 0 Å². The van der Waals surface area contributed by atoms with Gasteiger partial charge >= 0.3 is 5.97 Å². The van der Waals surface area contributed by atoms with Crippen LogP contribution in [0.1, 0.15) is 41.7 Å². The zero-order valence-electron chi connectivity index (χ0n) is 18.6. The smallest absolute Gasteiger partial charge is 0.310 e. The van der Waals surface area contributed by atoms with E-state index in [9.17, 15) is 9.59 Å². The summed E-state index contributed by atoms with van der Waals surface area (Å²) in [6.45, 7) is 4.40. The monoisotopic (exact) mass is 436 g/mol. The van der Waals surface area contributed by atoms with Gasteiger partial charge in [0.05, 0.1) is 13.0 Å². The van der Waals surface area contributed by atoms with Crippen molar-refractivity contribution < 1.29 is 28.5 Å². The van der Waals surface area contributed by atoms with Crippen molar-refractivity contribution in [1.82, 2.24) is 0 Å². The van der Waals surface area contributed by atoms with Crippen LogP contribution in [0.2, 0.25) is 0 Å². The van der Waals surface area contributed by atoms with Gasteiger partial charge in [0, 0.05) is 18.9 Å². The lowest BCUT2D eigenvalue weighted by atomic mass is 9.74. The van der Waals surface area contributed by atoms with Gasteiger partial charge in [-0.1, -0.05) is 30.3 Å². The zero-order chi connectivity index (χ0) is 22.7. The number of methoxy groups -OCH3 is 1. The molecule has 3 atom stereocenters. The Hall–Kier alpha value is -3.12. The number of hydrogen-bond acceptors (Lipinski definition) is 6. The van der Waals surface area contributed by atoms with E-state index in [-0.39, 0.29) is 31.0 Å². The number of benzene rings is 2. The van der Waals surface area contributed by atoms with Crippen LogP contribution in [0.25, 0.3) is 5.57 Å². The lowest BCUT2D eigenvalue weighted by Crippen LogP contribution is -2.36. The molecule has 6 nitrogen and oxygen atoms in total. The lowest BCUT2D eigenvalue weighted by molar-refractivity contribution is -0.155. The van der Waals surface area contributed by atoms with E-state index in [1.807, 2.05) is 56.3 Å². The van der Waals surface area contributed by atoms with Gasteiger partial charge in [0.1, 0.15) is 12.4 Å². The molecule has 0 amide bonds. The number of fused-ring (bicyclic) bond motifs is 2. The molecule has 168 valence electrons. The van der Waals surface area contributed by atoms with Crippen molar-refractivity contribution in [2.75, 3.05) is 20.5 Å². The highest BCUT2D eigenvalue weighted by atomic mass is 16.7. The third-order valence-electron chi connectivity index (χ3n) is 6.30. The summed E-state index contributed by atoms with van der Waals surface area (Å²) in [5.41, 5.74) is 4.81. The number of allylic oxidation sites excluding steroid dienone is 1. The largest absolute Gasteiger partial charge is 0.457 e. The summed E-state index contributed by atoms with van der Waals surface area (Å²) in [5, 5.41) is 0. The van der Waals surface area contributed by atoms with E-state index in [2.05, 4.69) is 0 Å². The minimum absolute atomic E-state index is 0.142. The maximum Gasteiger partial charge on any atom is 0.310 e. The average molecular weight is 437 g/mol. The molecule has 1 aliphatic heterocycles. The number of aldehydes is 1. The molecule has 2 aliphatic rings. The first-order chi connectivity index (χ1) is 15.5. The first kappa shape index (κ1) is 22.1. The Bertz CT molecular complexity index is 1040. The number of esters is 1. The van der Waals surface area contributed by atoms with E-state index < -0.39 is 6.10 Å². The first-order valence-corrected chi connectivity index (χ1v) is 10.8. The quantitative estimate of drug-likeness (QED) is 0.472. The highest BCUT2D eigenvalue weighted by molar-refractivity contribution is 5.86. The maximum absolute atomic E-state index is 13.1. The summed E-state index contributed by atoms with van der Waals surface area (Å²) in [6.07, 6.45) is 2.95. The van der Waals surface area contributed by atoms with E-state index >= 15 is 0 Å². The fourth-order valence-electron chi connectivity index (χ4n) is 4.63. The zero-order valence-corrected chi connectivity index (χ0v) is 18.6. The molecule has 0 spiro atoms.